The van der Waals surface area contributed by atoms with Crippen molar-refractivity contribution < 1.29 is 14.3 Å². The van der Waals surface area contributed by atoms with Gasteiger partial charge in [0.15, 0.2) is 0 Å². The highest BCUT2D eigenvalue weighted by atomic mass is 127. The maximum atomic E-state index is 12.7. The highest BCUT2D eigenvalue weighted by Crippen LogP contribution is 2.30. The number of nitrogens with zero attached hydrogens (tertiary/aromatic N) is 1. The number of imide groups is 1. The van der Waals surface area contributed by atoms with Gasteiger partial charge < -0.3 is 10.1 Å². The second-order valence-corrected chi connectivity index (χ2v) is 8.12. The minimum atomic E-state index is -0.501. The lowest BCUT2D eigenvalue weighted by Gasteiger charge is -2.11. The van der Waals surface area contributed by atoms with E-state index in [0.717, 1.165) is 23.4 Å². The van der Waals surface area contributed by atoms with E-state index in [1.807, 2.05) is 19.1 Å². The van der Waals surface area contributed by atoms with Crippen molar-refractivity contribution >= 4 is 80.5 Å². The van der Waals surface area contributed by atoms with E-state index in [-0.39, 0.29) is 5.70 Å². The number of carbonyl (C=O) groups is 2. The van der Waals surface area contributed by atoms with Crippen LogP contribution in [0.3, 0.4) is 0 Å². The van der Waals surface area contributed by atoms with Crippen molar-refractivity contribution in [3.63, 3.8) is 0 Å². The predicted molar refractivity (Wildman–Crippen MR) is 118 cm³/mol. The molecule has 134 valence electrons. The van der Waals surface area contributed by atoms with Crippen LogP contribution in [0.25, 0.3) is 6.08 Å². The summed E-state index contributed by atoms with van der Waals surface area (Å²) in [6.45, 7) is 2.51. The van der Waals surface area contributed by atoms with Crippen LogP contribution in [0.4, 0.5) is 10.5 Å². The molecular weight excluding hydrogens is 581 g/mol. The van der Waals surface area contributed by atoms with E-state index < -0.39 is 11.9 Å². The Kier molecular flexibility index (Phi) is 6.08. The quantitative estimate of drug-likeness (QED) is 0.307. The molecule has 0 spiro atoms. The highest BCUT2D eigenvalue weighted by Gasteiger charge is 2.35. The summed E-state index contributed by atoms with van der Waals surface area (Å²) in [7, 11) is 0. The summed E-state index contributed by atoms with van der Waals surface area (Å²) in [6.07, 6.45) is 1.66. The average molecular weight is 595 g/mol. The lowest BCUT2D eigenvalue weighted by atomic mass is 10.2. The molecule has 0 bridgehead atoms. The maximum absolute atomic E-state index is 12.7. The van der Waals surface area contributed by atoms with Gasteiger partial charge in [0, 0.05) is 5.02 Å². The molecule has 26 heavy (non-hydrogen) atoms. The first-order valence-corrected chi connectivity index (χ1v) is 10.2. The Hall–Kier alpha value is -1.33. The standard InChI is InChI=1S/C18H13ClI2N2O3/c1-2-26-16-13(20)6-10(7-14(16)21)8-15-17(24)23(18(25)22-15)12-5-3-4-11(19)9-12/h3-9H,2H2,1H3,(H,22,25)/b15-8+. The smallest absolute Gasteiger partial charge is 0.333 e. The second-order valence-electron chi connectivity index (χ2n) is 5.36. The van der Waals surface area contributed by atoms with Crippen molar-refractivity contribution in [1.29, 1.82) is 0 Å². The van der Waals surface area contributed by atoms with Gasteiger partial charge in [-0.1, -0.05) is 17.7 Å². The molecule has 1 aliphatic heterocycles. The van der Waals surface area contributed by atoms with Crippen LogP contribution in [-0.2, 0) is 4.79 Å². The van der Waals surface area contributed by atoms with Crippen molar-refractivity contribution in [1.82, 2.24) is 5.32 Å². The molecule has 2 aromatic carbocycles. The zero-order valence-electron chi connectivity index (χ0n) is 13.6. The van der Waals surface area contributed by atoms with Gasteiger partial charge in [-0.05, 0) is 94.1 Å². The first kappa shape index (κ1) is 19.4. The Morgan fingerprint density at radius 3 is 2.50 bits per heavy atom. The van der Waals surface area contributed by atoms with Crippen molar-refractivity contribution in [3.8, 4) is 5.75 Å². The van der Waals surface area contributed by atoms with Gasteiger partial charge in [0.25, 0.3) is 5.91 Å². The monoisotopic (exact) mass is 594 g/mol. The molecule has 8 heteroatoms. The van der Waals surface area contributed by atoms with Gasteiger partial charge in [-0.2, -0.15) is 0 Å². The predicted octanol–water partition coefficient (Wildman–Crippen LogP) is 5.05. The Morgan fingerprint density at radius 2 is 1.88 bits per heavy atom. The molecular formula is C18H13ClI2N2O3. The Bertz CT molecular complexity index is 907. The van der Waals surface area contributed by atoms with Crippen LogP contribution in [0.2, 0.25) is 5.02 Å². The summed E-state index contributed by atoms with van der Waals surface area (Å²) in [4.78, 5) is 26.0. The normalized spacial score (nSPS) is 15.5. The zero-order valence-corrected chi connectivity index (χ0v) is 18.6. The van der Waals surface area contributed by atoms with Crippen molar-refractivity contribution in [2.75, 3.05) is 11.5 Å². The lowest BCUT2D eigenvalue weighted by Crippen LogP contribution is -2.30. The van der Waals surface area contributed by atoms with E-state index in [1.54, 1.807) is 30.3 Å². The van der Waals surface area contributed by atoms with Crippen molar-refractivity contribution in [2.45, 2.75) is 6.92 Å². The molecule has 3 rings (SSSR count). The van der Waals surface area contributed by atoms with Gasteiger partial charge in [-0.15, -0.1) is 0 Å². The van der Waals surface area contributed by atoms with Crippen LogP contribution in [0, 0.1) is 7.14 Å². The molecule has 3 amide bonds. The van der Waals surface area contributed by atoms with Gasteiger partial charge >= 0.3 is 6.03 Å². The van der Waals surface area contributed by atoms with Gasteiger partial charge in [0.1, 0.15) is 11.4 Å². The molecule has 1 aliphatic rings. The number of hydrogen-bond acceptors (Lipinski definition) is 3. The number of amides is 3. The van der Waals surface area contributed by atoms with Crippen LogP contribution in [-0.4, -0.2) is 18.5 Å². The molecule has 0 radical (unpaired) electrons. The van der Waals surface area contributed by atoms with E-state index in [1.165, 1.54) is 0 Å². The van der Waals surface area contributed by atoms with Gasteiger partial charge in [0.05, 0.1) is 19.4 Å². The first-order chi connectivity index (χ1) is 12.4. The van der Waals surface area contributed by atoms with E-state index >= 15 is 0 Å². The summed E-state index contributed by atoms with van der Waals surface area (Å²) in [6, 6.07) is 9.92. The van der Waals surface area contributed by atoms with Gasteiger partial charge in [0.2, 0.25) is 0 Å². The first-order valence-electron chi connectivity index (χ1n) is 7.65. The molecule has 1 fully saturated rings. The van der Waals surface area contributed by atoms with Crippen LogP contribution in [0.5, 0.6) is 5.75 Å². The number of rotatable bonds is 4. The fraction of sp³-hybridized carbons (Fsp3) is 0.111. The number of benzene rings is 2. The maximum Gasteiger partial charge on any atom is 0.333 e. The van der Waals surface area contributed by atoms with E-state index in [0.29, 0.717) is 17.3 Å². The number of halogens is 3. The molecule has 0 aromatic heterocycles. The molecule has 2 aromatic rings. The topological polar surface area (TPSA) is 58.6 Å². The van der Waals surface area contributed by atoms with Crippen molar-refractivity contribution in [2.24, 2.45) is 0 Å². The number of carbonyl (C=O) groups excluding carboxylic acids is 2. The van der Waals surface area contributed by atoms with Crippen LogP contribution in [0.15, 0.2) is 42.1 Å². The van der Waals surface area contributed by atoms with E-state index in [2.05, 4.69) is 50.5 Å². The average Bonchev–Trinajstić information content (AvgIpc) is 2.85. The zero-order chi connectivity index (χ0) is 18.8. The highest BCUT2D eigenvalue weighted by molar-refractivity contribution is 14.1. The minimum absolute atomic E-state index is 0.214. The van der Waals surface area contributed by atoms with Crippen molar-refractivity contribution in [3.05, 3.63) is 59.8 Å². The molecule has 0 unspecified atom stereocenters. The Morgan fingerprint density at radius 1 is 1.19 bits per heavy atom. The molecule has 1 heterocycles. The van der Waals surface area contributed by atoms with Gasteiger partial charge in [-0.25, -0.2) is 9.69 Å². The summed E-state index contributed by atoms with van der Waals surface area (Å²) in [5.41, 5.74) is 1.45. The minimum Gasteiger partial charge on any atom is -0.492 e. The van der Waals surface area contributed by atoms with Crippen LogP contribution >= 0.6 is 56.8 Å². The van der Waals surface area contributed by atoms with E-state index in [4.69, 9.17) is 16.3 Å². The second kappa shape index (κ2) is 8.13. The summed E-state index contributed by atoms with van der Waals surface area (Å²) in [5.74, 6) is 0.398. The van der Waals surface area contributed by atoms with E-state index in [9.17, 15) is 9.59 Å². The fourth-order valence-corrected chi connectivity index (χ4v) is 4.81. The Balaban J connectivity index is 1.93. The molecule has 0 aliphatic carbocycles. The number of anilines is 1. The van der Waals surface area contributed by atoms with Gasteiger partial charge in [-0.3, -0.25) is 4.79 Å². The molecule has 1 saturated heterocycles. The third kappa shape index (κ3) is 3.99. The largest absolute Gasteiger partial charge is 0.492 e. The third-order valence-electron chi connectivity index (χ3n) is 3.56. The number of ether oxygens (including phenoxy) is 1. The Labute approximate surface area is 183 Å². The SMILES string of the molecule is CCOc1c(I)cc(/C=C2/NC(=O)N(c3cccc(Cl)c3)C2=O)cc1I. The summed E-state index contributed by atoms with van der Waals surface area (Å²) >= 11 is 10.3. The summed E-state index contributed by atoms with van der Waals surface area (Å²) < 4.78 is 7.50. The van der Waals surface area contributed by atoms with Crippen LogP contribution < -0.4 is 15.0 Å². The summed E-state index contributed by atoms with van der Waals surface area (Å²) in [5, 5.41) is 3.07. The molecule has 5 nitrogen and oxygen atoms in total. The number of hydrogen-bond donors (Lipinski definition) is 1. The lowest BCUT2D eigenvalue weighted by molar-refractivity contribution is -0.113. The number of urea groups is 1. The fourth-order valence-electron chi connectivity index (χ4n) is 2.50. The number of nitrogens with one attached hydrogen (secondary N) is 1. The molecule has 0 saturated carbocycles. The molecule has 0 atom stereocenters. The van der Waals surface area contributed by atoms with Crippen LogP contribution in [0.1, 0.15) is 12.5 Å². The third-order valence-corrected chi connectivity index (χ3v) is 5.40. The molecule has 1 N–H and O–H groups in total.